The van der Waals surface area contributed by atoms with Crippen LogP contribution in [0.2, 0.25) is 0 Å². The van der Waals surface area contributed by atoms with Crippen molar-refractivity contribution in [2.75, 3.05) is 11.9 Å². The summed E-state index contributed by atoms with van der Waals surface area (Å²) in [5.74, 6) is -0.185. The van der Waals surface area contributed by atoms with Gasteiger partial charge in [0.05, 0.1) is 12.3 Å². The van der Waals surface area contributed by atoms with Gasteiger partial charge in [-0.2, -0.15) is 5.10 Å². The lowest BCUT2D eigenvalue weighted by Crippen LogP contribution is -2.26. The summed E-state index contributed by atoms with van der Waals surface area (Å²) in [5, 5.41) is 7.13. The van der Waals surface area contributed by atoms with Crippen LogP contribution in [0.5, 0.6) is 0 Å². The number of halogens is 1. The van der Waals surface area contributed by atoms with Crippen molar-refractivity contribution in [1.29, 1.82) is 0 Å². The summed E-state index contributed by atoms with van der Waals surface area (Å²) in [6, 6.07) is 17.3. The number of nitrogens with zero attached hydrogens (tertiary/aromatic N) is 1. The zero-order valence-electron chi connectivity index (χ0n) is 11.6. The molecule has 2 N–H and O–H groups in total. The van der Waals surface area contributed by atoms with E-state index in [2.05, 4.69) is 31.8 Å². The predicted octanol–water partition coefficient (Wildman–Crippen LogP) is 3.40. The molecule has 0 radical (unpaired) electrons. The van der Waals surface area contributed by atoms with E-state index < -0.39 is 0 Å². The first-order valence-electron chi connectivity index (χ1n) is 6.53. The fraction of sp³-hybridized carbons (Fsp3) is 0.125. The average Bonchev–Trinajstić information content (AvgIpc) is 2.52. The average molecular weight is 346 g/mol. The number of hydrogen-bond acceptors (Lipinski definition) is 3. The van der Waals surface area contributed by atoms with Gasteiger partial charge in [0, 0.05) is 10.2 Å². The zero-order chi connectivity index (χ0) is 15.1. The number of hydrogen-bond donors (Lipinski definition) is 2. The van der Waals surface area contributed by atoms with Gasteiger partial charge >= 0.3 is 0 Å². The molecule has 108 valence electrons. The van der Waals surface area contributed by atoms with Crippen molar-refractivity contribution >= 4 is 33.2 Å². The molecule has 0 heterocycles. The third kappa shape index (κ3) is 5.04. The monoisotopic (exact) mass is 345 g/mol. The highest BCUT2D eigenvalue weighted by molar-refractivity contribution is 9.10. The molecule has 0 aliphatic heterocycles. The van der Waals surface area contributed by atoms with Gasteiger partial charge in [-0.15, -0.1) is 0 Å². The van der Waals surface area contributed by atoms with Gasteiger partial charge in [0.15, 0.2) is 0 Å². The standard InChI is InChI=1S/C16H16BrN3O/c1-12(13-7-9-14(17)10-8-13)19-20-16(21)11-18-15-5-3-2-4-6-15/h2-10,18H,11H2,1H3,(H,20,21). The molecule has 2 rings (SSSR count). The molecule has 0 bridgehead atoms. The Morgan fingerprint density at radius 1 is 1.10 bits per heavy atom. The van der Waals surface area contributed by atoms with E-state index in [0.717, 1.165) is 21.4 Å². The minimum atomic E-state index is -0.185. The minimum absolute atomic E-state index is 0.182. The Morgan fingerprint density at radius 2 is 1.76 bits per heavy atom. The van der Waals surface area contributed by atoms with Gasteiger partial charge in [0.2, 0.25) is 0 Å². The van der Waals surface area contributed by atoms with Crippen LogP contribution in [-0.4, -0.2) is 18.2 Å². The molecule has 5 heteroatoms. The second kappa shape index (κ2) is 7.59. The van der Waals surface area contributed by atoms with Gasteiger partial charge in [-0.05, 0) is 36.8 Å². The van der Waals surface area contributed by atoms with Crippen LogP contribution < -0.4 is 10.7 Å². The minimum Gasteiger partial charge on any atom is -0.376 e. The molecule has 0 spiro atoms. The fourth-order valence-electron chi connectivity index (χ4n) is 1.68. The maximum atomic E-state index is 11.7. The number of anilines is 1. The Labute approximate surface area is 132 Å². The number of rotatable bonds is 5. The molecule has 0 saturated carbocycles. The number of carbonyl (C=O) groups excluding carboxylic acids is 1. The van der Waals surface area contributed by atoms with E-state index in [1.54, 1.807) is 0 Å². The summed E-state index contributed by atoms with van der Waals surface area (Å²) < 4.78 is 1.01. The SMILES string of the molecule is CC(=NNC(=O)CNc1ccccc1)c1ccc(Br)cc1. The summed E-state index contributed by atoms with van der Waals surface area (Å²) in [6.07, 6.45) is 0. The number of amides is 1. The van der Waals surface area contributed by atoms with Gasteiger partial charge in [-0.3, -0.25) is 4.79 Å². The van der Waals surface area contributed by atoms with Crippen molar-refractivity contribution in [1.82, 2.24) is 5.43 Å². The molecule has 0 unspecified atom stereocenters. The van der Waals surface area contributed by atoms with Crippen LogP contribution in [0.25, 0.3) is 0 Å². The van der Waals surface area contributed by atoms with E-state index in [1.807, 2.05) is 61.5 Å². The van der Waals surface area contributed by atoms with E-state index in [4.69, 9.17) is 0 Å². The number of carbonyl (C=O) groups is 1. The predicted molar refractivity (Wildman–Crippen MR) is 89.4 cm³/mol. The molecule has 0 aliphatic carbocycles. The Balaban J connectivity index is 1.85. The molecule has 0 aliphatic rings. The highest BCUT2D eigenvalue weighted by Gasteiger charge is 2.01. The lowest BCUT2D eigenvalue weighted by molar-refractivity contribution is -0.119. The van der Waals surface area contributed by atoms with Crippen LogP contribution in [0, 0.1) is 0 Å². The van der Waals surface area contributed by atoms with Crippen LogP contribution in [0.15, 0.2) is 64.2 Å². The van der Waals surface area contributed by atoms with Gasteiger partial charge in [-0.25, -0.2) is 5.43 Å². The first-order chi connectivity index (χ1) is 10.1. The van der Waals surface area contributed by atoms with Crippen LogP contribution in [0.1, 0.15) is 12.5 Å². The molecule has 1 amide bonds. The molecular formula is C16H16BrN3O. The molecule has 2 aromatic carbocycles. The highest BCUT2D eigenvalue weighted by Crippen LogP contribution is 2.11. The maximum Gasteiger partial charge on any atom is 0.259 e. The first kappa shape index (κ1) is 15.3. The van der Waals surface area contributed by atoms with Gasteiger partial charge in [0.25, 0.3) is 5.91 Å². The van der Waals surface area contributed by atoms with Crippen molar-refractivity contribution in [2.45, 2.75) is 6.92 Å². The summed E-state index contributed by atoms with van der Waals surface area (Å²) in [4.78, 5) is 11.7. The quantitative estimate of drug-likeness (QED) is 0.644. The number of benzene rings is 2. The fourth-order valence-corrected chi connectivity index (χ4v) is 1.94. The van der Waals surface area contributed by atoms with Crippen molar-refractivity contribution in [3.05, 3.63) is 64.6 Å². The van der Waals surface area contributed by atoms with Crippen LogP contribution in [0.4, 0.5) is 5.69 Å². The van der Waals surface area contributed by atoms with Crippen LogP contribution in [0.3, 0.4) is 0 Å². The number of para-hydroxylation sites is 1. The molecule has 4 nitrogen and oxygen atoms in total. The van der Waals surface area contributed by atoms with E-state index in [0.29, 0.717) is 0 Å². The molecule has 2 aromatic rings. The maximum absolute atomic E-state index is 11.7. The van der Waals surface area contributed by atoms with E-state index in [-0.39, 0.29) is 12.5 Å². The third-order valence-corrected chi connectivity index (χ3v) is 3.37. The number of hydrazone groups is 1. The summed E-state index contributed by atoms with van der Waals surface area (Å²) >= 11 is 3.38. The zero-order valence-corrected chi connectivity index (χ0v) is 13.2. The molecule has 0 saturated heterocycles. The molecular weight excluding hydrogens is 330 g/mol. The van der Waals surface area contributed by atoms with Crippen LogP contribution in [-0.2, 0) is 4.79 Å². The van der Waals surface area contributed by atoms with Crippen molar-refractivity contribution in [3.8, 4) is 0 Å². The highest BCUT2D eigenvalue weighted by atomic mass is 79.9. The second-order valence-electron chi connectivity index (χ2n) is 4.46. The Bertz CT molecular complexity index is 624. The van der Waals surface area contributed by atoms with Gasteiger partial charge in [0.1, 0.15) is 0 Å². The van der Waals surface area contributed by atoms with E-state index >= 15 is 0 Å². The second-order valence-corrected chi connectivity index (χ2v) is 5.37. The Hall–Kier alpha value is -2.14. The van der Waals surface area contributed by atoms with Crippen molar-refractivity contribution in [3.63, 3.8) is 0 Å². The van der Waals surface area contributed by atoms with Gasteiger partial charge < -0.3 is 5.32 Å². The molecule has 21 heavy (non-hydrogen) atoms. The Kier molecular flexibility index (Phi) is 5.51. The number of nitrogens with one attached hydrogen (secondary N) is 2. The summed E-state index contributed by atoms with van der Waals surface area (Å²) in [5.41, 5.74) is 5.17. The molecule has 0 atom stereocenters. The molecule has 0 aromatic heterocycles. The lowest BCUT2D eigenvalue weighted by Gasteiger charge is -2.06. The normalized spacial score (nSPS) is 11.0. The van der Waals surface area contributed by atoms with E-state index in [9.17, 15) is 4.79 Å². The molecule has 0 fully saturated rings. The van der Waals surface area contributed by atoms with E-state index in [1.165, 1.54) is 0 Å². The summed E-state index contributed by atoms with van der Waals surface area (Å²) in [6.45, 7) is 2.04. The van der Waals surface area contributed by atoms with Crippen molar-refractivity contribution in [2.24, 2.45) is 5.10 Å². The first-order valence-corrected chi connectivity index (χ1v) is 7.32. The Morgan fingerprint density at radius 3 is 2.43 bits per heavy atom. The smallest absolute Gasteiger partial charge is 0.259 e. The van der Waals surface area contributed by atoms with Gasteiger partial charge in [-0.1, -0.05) is 46.3 Å². The van der Waals surface area contributed by atoms with Crippen molar-refractivity contribution < 1.29 is 4.79 Å². The lowest BCUT2D eigenvalue weighted by atomic mass is 10.1. The van der Waals surface area contributed by atoms with Crippen LogP contribution >= 0.6 is 15.9 Å². The summed E-state index contributed by atoms with van der Waals surface area (Å²) in [7, 11) is 0. The largest absolute Gasteiger partial charge is 0.376 e. The topological polar surface area (TPSA) is 53.5 Å². The third-order valence-electron chi connectivity index (χ3n) is 2.84.